The molecule has 1 rings (SSSR count). The van der Waals surface area contributed by atoms with E-state index in [-0.39, 0.29) is 11.6 Å². The highest BCUT2D eigenvalue weighted by molar-refractivity contribution is 5.93. The smallest absolute Gasteiger partial charge is 0.206 e. The fraction of sp³-hybridized carbons (Fsp3) is 0.300. The lowest BCUT2D eigenvalue weighted by Gasteiger charge is -1.94. The maximum atomic E-state index is 10.9. The van der Waals surface area contributed by atoms with E-state index in [1.807, 2.05) is 0 Å². The zero-order valence-corrected chi connectivity index (χ0v) is 7.78. The molecule has 0 radical (unpaired) electrons. The van der Waals surface area contributed by atoms with Gasteiger partial charge in [-0.1, -0.05) is 0 Å². The summed E-state index contributed by atoms with van der Waals surface area (Å²) in [5.41, 5.74) is 0.666. The molecule has 0 aliphatic rings. The predicted octanol–water partition coefficient (Wildman–Crippen LogP) is 0.766. The summed E-state index contributed by atoms with van der Waals surface area (Å²) in [6.45, 7) is 3.41. The van der Waals surface area contributed by atoms with E-state index in [4.69, 9.17) is 0 Å². The number of hydrogen-bond donors (Lipinski definition) is 0. The van der Waals surface area contributed by atoms with Gasteiger partial charge in [-0.3, -0.25) is 9.59 Å². The summed E-state index contributed by atoms with van der Waals surface area (Å²) in [6.07, 6.45) is 3.47. The molecule has 1 aromatic rings. The summed E-state index contributed by atoms with van der Waals surface area (Å²) in [6, 6.07) is 3.43. The molecule has 0 N–H and O–H groups in total. The van der Waals surface area contributed by atoms with Crippen LogP contribution in [0.25, 0.3) is 0 Å². The summed E-state index contributed by atoms with van der Waals surface area (Å²) in [4.78, 5) is 21.6. The monoisotopic (exact) mass is 178 g/mol. The van der Waals surface area contributed by atoms with Crippen LogP contribution < -0.4 is 4.57 Å². The quantitative estimate of drug-likeness (QED) is 0.506. The molecule has 3 nitrogen and oxygen atoms in total. The molecule has 3 heteroatoms. The molecule has 0 saturated heterocycles. The molecule has 0 atom stereocenters. The van der Waals surface area contributed by atoms with Gasteiger partial charge in [0.15, 0.2) is 24.0 Å². The third kappa shape index (κ3) is 2.78. The summed E-state index contributed by atoms with van der Waals surface area (Å²) in [5.74, 6) is 0.135. The minimum absolute atomic E-state index is 0.0370. The Bertz CT molecular complexity index is 327. The number of hydrogen-bond acceptors (Lipinski definition) is 2. The fourth-order valence-corrected chi connectivity index (χ4v) is 1.05. The topological polar surface area (TPSA) is 38.0 Å². The largest absolute Gasteiger partial charge is 0.295 e. The first kappa shape index (κ1) is 9.58. The van der Waals surface area contributed by atoms with Crippen LogP contribution in [0.2, 0.25) is 0 Å². The van der Waals surface area contributed by atoms with Crippen LogP contribution in [-0.2, 0) is 11.3 Å². The first-order valence-corrected chi connectivity index (χ1v) is 4.09. The molecule has 1 heterocycles. The van der Waals surface area contributed by atoms with Gasteiger partial charge in [0.25, 0.3) is 0 Å². The van der Waals surface area contributed by atoms with Crippen molar-refractivity contribution in [1.29, 1.82) is 0 Å². The number of pyridine rings is 1. The van der Waals surface area contributed by atoms with E-state index in [1.165, 1.54) is 13.8 Å². The second kappa shape index (κ2) is 3.94. The van der Waals surface area contributed by atoms with E-state index in [0.717, 1.165) is 0 Å². The van der Waals surface area contributed by atoms with Gasteiger partial charge in [0, 0.05) is 24.6 Å². The minimum Gasteiger partial charge on any atom is -0.295 e. The summed E-state index contributed by atoms with van der Waals surface area (Å²) in [5, 5.41) is 0. The highest BCUT2D eigenvalue weighted by Crippen LogP contribution is 1.95. The van der Waals surface area contributed by atoms with Crippen molar-refractivity contribution in [3.05, 3.63) is 30.1 Å². The molecule has 0 bridgehead atoms. The van der Waals surface area contributed by atoms with Gasteiger partial charge in [-0.25, -0.2) is 0 Å². The van der Waals surface area contributed by atoms with Crippen LogP contribution in [0, 0.1) is 0 Å². The van der Waals surface area contributed by atoms with Crippen LogP contribution in [-0.4, -0.2) is 11.6 Å². The molecule has 0 unspecified atom stereocenters. The van der Waals surface area contributed by atoms with E-state index in [2.05, 4.69) is 0 Å². The van der Waals surface area contributed by atoms with Crippen LogP contribution in [0.4, 0.5) is 0 Å². The maximum absolute atomic E-state index is 10.9. The normalized spacial score (nSPS) is 9.69. The lowest BCUT2D eigenvalue weighted by molar-refractivity contribution is -0.684. The number of carbonyl (C=O) groups is 2. The Morgan fingerprint density at radius 3 is 2.15 bits per heavy atom. The number of carbonyl (C=O) groups excluding carboxylic acids is 2. The third-order valence-electron chi connectivity index (χ3n) is 1.70. The van der Waals surface area contributed by atoms with Crippen molar-refractivity contribution in [3.8, 4) is 0 Å². The molecule has 13 heavy (non-hydrogen) atoms. The molecule has 0 saturated carbocycles. The maximum Gasteiger partial charge on any atom is 0.206 e. The van der Waals surface area contributed by atoms with Crippen LogP contribution >= 0.6 is 0 Å². The Hall–Kier alpha value is -1.51. The van der Waals surface area contributed by atoms with E-state index >= 15 is 0 Å². The second-order valence-corrected chi connectivity index (χ2v) is 3.02. The van der Waals surface area contributed by atoms with Gasteiger partial charge in [0.1, 0.15) is 0 Å². The number of Topliss-reactive ketones (excluding diaryl/α,β-unsaturated/α-hetero) is 2. The molecule has 0 fully saturated rings. The molecule has 0 aliphatic carbocycles. The number of nitrogens with zero attached hydrogens (tertiary/aromatic N) is 1. The van der Waals surface area contributed by atoms with Crippen molar-refractivity contribution in [2.75, 3.05) is 0 Å². The Labute approximate surface area is 77.0 Å². The van der Waals surface area contributed by atoms with E-state index in [1.54, 1.807) is 29.1 Å². The van der Waals surface area contributed by atoms with Crippen LogP contribution in [0.1, 0.15) is 24.2 Å². The predicted molar refractivity (Wildman–Crippen MR) is 47.3 cm³/mol. The van der Waals surface area contributed by atoms with Gasteiger partial charge >= 0.3 is 0 Å². The molecular formula is C10H12NO2+. The van der Waals surface area contributed by atoms with Crippen molar-refractivity contribution in [3.63, 3.8) is 0 Å². The SMILES string of the molecule is CC(=O)C[n+]1ccc(C(C)=O)cc1. The van der Waals surface area contributed by atoms with Crippen LogP contribution in [0.5, 0.6) is 0 Å². The summed E-state index contributed by atoms with van der Waals surface area (Å²) >= 11 is 0. The van der Waals surface area contributed by atoms with Gasteiger partial charge in [0.2, 0.25) is 6.54 Å². The fourth-order valence-electron chi connectivity index (χ4n) is 1.05. The average molecular weight is 178 g/mol. The molecule has 1 aromatic heterocycles. The Kier molecular flexibility index (Phi) is 2.90. The number of rotatable bonds is 3. The Balaban J connectivity index is 2.81. The molecular weight excluding hydrogens is 166 g/mol. The van der Waals surface area contributed by atoms with Gasteiger partial charge in [-0.05, 0) is 6.92 Å². The highest BCUT2D eigenvalue weighted by atomic mass is 16.1. The first-order chi connectivity index (χ1) is 6.09. The molecule has 68 valence electrons. The van der Waals surface area contributed by atoms with Crippen LogP contribution in [0.3, 0.4) is 0 Å². The van der Waals surface area contributed by atoms with Gasteiger partial charge < -0.3 is 0 Å². The lowest BCUT2D eigenvalue weighted by Crippen LogP contribution is -2.36. The van der Waals surface area contributed by atoms with Gasteiger partial charge in [-0.15, -0.1) is 0 Å². The number of aromatic nitrogens is 1. The van der Waals surface area contributed by atoms with E-state index in [9.17, 15) is 9.59 Å². The van der Waals surface area contributed by atoms with Gasteiger partial charge in [-0.2, -0.15) is 4.57 Å². The van der Waals surface area contributed by atoms with Crippen molar-refractivity contribution >= 4 is 11.6 Å². The third-order valence-corrected chi connectivity index (χ3v) is 1.70. The Morgan fingerprint density at radius 2 is 1.77 bits per heavy atom. The standard InChI is InChI=1S/C10H12NO2/c1-8(12)7-11-5-3-10(4-6-11)9(2)13/h3-6H,7H2,1-2H3/q+1. The average Bonchev–Trinajstić information content (AvgIpc) is 2.04. The number of ketones is 2. The lowest BCUT2D eigenvalue weighted by atomic mass is 10.2. The zero-order chi connectivity index (χ0) is 9.84. The zero-order valence-electron chi connectivity index (χ0n) is 7.78. The van der Waals surface area contributed by atoms with E-state index < -0.39 is 0 Å². The van der Waals surface area contributed by atoms with Crippen molar-refractivity contribution < 1.29 is 14.2 Å². The highest BCUT2D eigenvalue weighted by Gasteiger charge is 2.05. The molecule has 0 spiro atoms. The minimum atomic E-state index is 0.0370. The second-order valence-electron chi connectivity index (χ2n) is 3.02. The molecule has 0 amide bonds. The summed E-state index contributed by atoms with van der Waals surface area (Å²) < 4.78 is 1.74. The van der Waals surface area contributed by atoms with Crippen molar-refractivity contribution in [2.45, 2.75) is 20.4 Å². The van der Waals surface area contributed by atoms with Crippen molar-refractivity contribution in [1.82, 2.24) is 0 Å². The van der Waals surface area contributed by atoms with Crippen LogP contribution in [0.15, 0.2) is 24.5 Å². The Morgan fingerprint density at radius 1 is 1.23 bits per heavy atom. The van der Waals surface area contributed by atoms with Gasteiger partial charge in [0.05, 0.1) is 0 Å². The summed E-state index contributed by atoms with van der Waals surface area (Å²) in [7, 11) is 0. The molecule has 0 aliphatic heterocycles. The van der Waals surface area contributed by atoms with E-state index in [0.29, 0.717) is 12.1 Å². The molecule has 0 aromatic carbocycles. The first-order valence-electron chi connectivity index (χ1n) is 4.09. The van der Waals surface area contributed by atoms with Crippen molar-refractivity contribution in [2.24, 2.45) is 0 Å².